The molecule has 1 aromatic carbocycles. The summed E-state index contributed by atoms with van der Waals surface area (Å²) in [4.78, 5) is 16.2. The number of nitrogens with one attached hydrogen (secondary N) is 1. The average molecular weight is 373 g/mol. The van der Waals surface area contributed by atoms with Crippen molar-refractivity contribution in [3.8, 4) is 16.6 Å². The van der Waals surface area contributed by atoms with E-state index in [1.54, 1.807) is 11.4 Å². The van der Waals surface area contributed by atoms with Gasteiger partial charge in [-0.2, -0.15) is 5.26 Å². The number of rotatable bonds is 5. The van der Waals surface area contributed by atoms with Gasteiger partial charge in [-0.1, -0.05) is 6.07 Å². The molecular weight excluding hydrogens is 362 g/mol. The zero-order chi connectivity index (χ0) is 17.9. The van der Waals surface area contributed by atoms with E-state index in [1.165, 1.54) is 48.1 Å². The summed E-state index contributed by atoms with van der Waals surface area (Å²) in [5.74, 6) is -0.702. The van der Waals surface area contributed by atoms with Gasteiger partial charge in [-0.15, -0.1) is 11.3 Å². The van der Waals surface area contributed by atoms with Crippen LogP contribution in [0.3, 0.4) is 0 Å². The summed E-state index contributed by atoms with van der Waals surface area (Å²) in [6.07, 6.45) is 2.88. The fourth-order valence-electron chi connectivity index (χ4n) is 2.05. The minimum absolute atomic E-state index is 0.141. The van der Waals surface area contributed by atoms with Crippen LogP contribution in [0.5, 0.6) is 0 Å². The third-order valence-corrected chi connectivity index (χ3v) is 5.49. The van der Waals surface area contributed by atoms with E-state index in [4.69, 9.17) is 9.68 Å². The molecule has 1 amide bonds. The minimum Gasteiger partial charge on any atom is -0.472 e. The summed E-state index contributed by atoms with van der Waals surface area (Å²) in [6.45, 7) is 0. The largest absolute Gasteiger partial charge is 0.472 e. The Morgan fingerprint density at radius 2 is 2.20 bits per heavy atom. The number of nitriles is 1. The molecular formula is C16H11N3O4S2. The SMILES string of the molecule is N#Cc1cccc(S(=O)(=O)NC(=O)Cc2csc(-c3ccoc3)n2)c1. The normalized spacial score (nSPS) is 11.0. The Hall–Kier alpha value is -2.96. The number of carbonyl (C=O) groups is 1. The zero-order valence-electron chi connectivity index (χ0n) is 12.7. The van der Waals surface area contributed by atoms with Crippen LogP contribution in [-0.2, 0) is 21.2 Å². The second-order valence-corrected chi connectivity index (χ2v) is 7.54. The van der Waals surface area contributed by atoms with Gasteiger partial charge in [0.2, 0.25) is 5.91 Å². The summed E-state index contributed by atoms with van der Waals surface area (Å²) >= 11 is 1.33. The van der Waals surface area contributed by atoms with Crippen molar-refractivity contribution in [2.75, 3.05) is 0 Å². The van der Waals surface area contributed by atoms with Crippen LogP contribution in [-0.4, -0.2) is 19.3 Å². The number of thiazole rings is 1. The van der Waals surface area contributed by atoms with Crippen molar-refractivity contribution in [3.63, 3.8) is 0 Å². The lowest BCUT2D eigenvalue weighted by Crippen LogP contribution is -2.31. The van der Waals surface area contributed by atoms with E-state index >= 15 is 0 Å². The van der Waals surface area contributed by atoms with Crippen molar-refractivity contribution in [1.29, 1.82) is 5.26 Å². The number of hydrogen-bond acceptors (Lipinski definition) is 7. The summed E-state index contributed by atoms with van der Waals surface area (Å²) in [6, 6.07) is 9.04. The number of carbonyl (C=O) groups excluding carboxylic acids is 1. The molecule has 3 aromatic rings. The van der Waals surface area contributed by atoms with Crippen LogP contribution in [0.25, 0.3) is 10.6 Å². The Morgan fingerprint density at radius 1 is 1.36 bits per heavy atom. The molecule has 0 unspecified atom stereocenters. The van der Waals surface area contributed by atoms with Gasteiger partial charge in [0, 0.05) is 10.9 Å². The summed E-state index contributed by atoms with van der Waals surface area (Å²) in [7, 11) is -4.04. The monoisotopic (exact) mass is 373 g/mol. The van der Waals surface area contributed by atoms with Crippen molar-refractivity contribution in [2.24, 2.45) is 0 Å². The molecule has 2 heterocycles. The number of sulfonamides is 1. The molecule has 0 aliphatic rings. The van der Waals surface area contributed by atoms with Gasteiger partial charge < -0.3 is 4.42 Å². The highest BCUT2D eigenvalue weighted by atomic mass is 32.2. The maximum atomic E-state index is 12.2. The van der Waals surface area contributed by atoms with Crippen LogP contribution in [0.15, 0.2) is 57.6 Å². The second kappa shape index (κ2) is 6.88. The zero-order valence-corrected chi connectivity index (χ0v) is 14.3. The summed E-state index contributed by atoms with van der Waals surface area (Å²) in [5.41, 5.74) is 1.44. The Balaban J connectivity index is 1.71. The van der Waals surface area contributed by atoms with E-state index in [0.29, 0.717) is 10.7 Å². The summed E-state index contributed by atoms with van der Waals surface area (Å²) < 4.78 is 31.4. The minimum atomic E-state index is -4.04. The van der Waals surface area contributed by atoms with Crippen LogP contribution in [0.4, 0.5) is 0 Å². The molecule has 0 fully saturated rings. The third kappa shape index (κ3) is 3.93. The number of furan rings is 1. The van der Waals surface area contributed by atoms with Crippen molar-refractivity contribution in [1.82, 2.24) is 9.71 Å². The first kappa shape index (κ1) is 16.9. The molecule has 2 aromatic heterocycles. The van der Waals surface area contributed by atoms with Gasteiger partial charge in [0.05, 0.1) is 34.9 Å². The Kier molecular flexibility index (Phi) is 4.65. The Morgan fingerprint density at radius 3 is 2.92 bits per heavy atom. The Labute approximate surface area is 147 Å². The maximum absolute atomic E-state index is 12.2. The molecule has 0 saturated heterocycles. The first-order valence-electron chi connectivity index (χ1n) is 7.01. The van der Waals surface area contributed by atoms with Gasteiger partial charge in [0.1, 0.15) is 11.3 Å². The smallest absolute Gasteiger partial charge is 0.264 e. The molecule has 3 rings (SSSR count). The molecule has 126 valence electrons. The predicted octanol–water partition coefficient (Wildman–Crippen LogP) is 2.32. The molecule has 9 heteroatoms. The number of hydrogen-bond donors (Lipinski definition) is 1. The van der Waals surface area contributed by atoms with Crippen LogP contribution in [0, 0.1) is 11.3 Å². The van der Waals surface area contributed by atoms with E-state index in [-0.39, 0.29) is 16.9 Å². The van der Waals surface area contributed by atoms with Gasteiger partial charge in [-0.3, -0.25) is 4.79 Å². The second-order valence-electron chi connectivity index (χ2n) is 5.00. The van der Waals surface area contributed by atoms with Crippen LogP contribution in [0.2, 0.25) is 0 Å². The topological polar surface area (TPSA) is 113 Å². The first-order valence-corrected chi connectivity index (χ1v) is 9.37. The van der Waals surface area contributed by atoms with Gasteiger partial charge in [0.25, 0.3) is 10.0 Å². The number of nitrogens with zero attached hydrogens (tertiary/aromatic N) is 2. The molecule has 0 aliphatic carbocycles. The van der Waals surface area contributed by atoms with Crippen LogP contribution in [0.1, 0.15) is 11.3 Å². The van der Waals surface area contributed by atoms with Crippen molar-refractivity contribution >= 4 is 27.3 Å². The number of amides is 1. The van der Waals surface area contributed by atoms with Gasteiger partial charge in [-0.25, -0.2) is 18.1 Å². The highest BCUT2D eigenvalue weighted by Crippen LogP contribution is 2.24. The van der Waals surface area contributed by atoms with E-state index in [1.807, 2.05) is 10.8 Å². The quantitative estimate of drug-likeness (QED) is 0.734. The van der Waals surface area contributed by atoms with Gasteiger partial charge in [-0.05, 0) is 24.3 Å². The molecule has 1 N–H and O–H groups in total. The van der Waals surface area contributed by atoms with E-state index in [2.05, 4.69) is 4.98 Å². The van der Waals surface area contributed by atoms with Gasteiger partial charge >= 0.3 is 0 Å². The predicted molar refractivity (Wildman–Crippen MR) is 90.0 cm³/mol. The van der Waals surface area contributed by atoms with E-state index in [0.717, 1.165) is 5.56 Å². The van der Waals surface area contributed by atoms with Crippen molar-refractivity contribution in [2.45, 2.75) is 11.3 Å². The summed E-state index contributed by atoms with van der Waals surface area (Å²) in [5, 5.41) is 11.2. The molecule has 0 atom stereocenters. The highest BCUT2D eigenvalue weighted by molar-refractivity contribution is 7.90. The lowest BCUT2D eigenvalue weighted by atomic mass is 10.2. The molecule has 0 saturated carbocycles. The molecule has 0 aliphatic heterocycles. The molecule has 0 radical (unpaired) electrons. The van der Waals surface area contributed by atoms with Crippen LogP contribution < -0.4 is 4.72 Å². The van der Waals surface area contributed by atoms with Crippen LogP contribution >= 0.6 is 11.3 Å². The average Bonchev–Trinajstić information content (AvgIpc) is 3.25. The molecule has 0 bridgehead atoms. The third-order valence-electron chi connectivity index (χ3n) is 3.18. The fraction of sp³-hybridized carbons (Fsp3) is 0.0625. The van der Waals surface area contributed by atoms with Crippen molar-refractivity contribution in [3.05, 3.63) is 59.5 Å². The fourth-order valence-corrected chi connectivity index (χ4v) is 3.88. The maximum Gasteiger partial charge on any atom is 0.264 e. The Bertz CT molecular complexity index is 1050. The highest BCUT2D eigenvalue weighted by Gasteiger charge is 2.19. The number of aromatic nitrogens is 1. The lowest BCUT2D eigenvalue weighted by molar-refractivity contribution is -0.118. The van der Waals surface area contributed by atoms with Crippen molar-refractivity contribution < 1.29 is 17.6 Å². The molecule has 0 spiro atoms. The standard InChI is InChI=1S/C16H11N3O4S2/c17-8-11-2-1-3-14(6-11)25(21,22)19-15(20)7-13-10-24-16(18-13)12-4-5-23-9-12/h1-6,9-10H,7H2,(H,19,20). The molecule has 25 heavy (non-hydrogen) atoms. The van der Waals surface area contributed by atoms with E-state index < -0.39 is 15.9 Å². The van der Waals surface area contributed by atoms with E-state index in [9.17, 15) is 13.2 Å². The molecule has 7 nitrogen and oxygen atoms in total. The first-order chi connectivity index (χ1) is 12.0. The lowest BCUT2D eigenvalue weighted by Gasteiger charge is -2.06. The number of benzene rings is 1. The van der Waals surface area contributed by atoms with Gasteiger partial charge in [0.15, 0.2) is 0 Å².